The Morgan fingerprint density at radius 2 is 2.36 bits per heavy atom. The largest absolute Gasteiger partial charge is 0.384 e. The van der Waals surface area contributed by atoms with Crippen molar-refractivity contribution in [1.29, 1.82) is 0 Å². The van der Waals surface area contributed by atoms with Crippen molar-refractivity contribution in [1.82, 2.24) is 9.78 Å². The summed E-state index contributed by atoms with van der Waals surface area (Å²) in [6.45, 7) is 1.22. The van der Waals surface area contributed by atoms with E-state index < -0.39 is 0 Å². The first kappa shape index (κ1) is 9.23. The first-order valence-electron chi connectivity index (χ1n) is 4.38. The van der Waals surface area contributed by atoms with Crippen LogP contribution in [0, 0.1) is 0 Å². The van der Waals surface area contributed by atoms with Crippen molar-refractivity contribution in [2.45, 2.75) is 6.54 Å². The zero-order valence-corrected chi connectivity index (χ0v) is 8.50. The quantitative estimate of drug-likeness (QED) is 0.795. The van der Waals surface area contributed by atoms with Gasteiger partial charge in [-0.05, 0) is 11.4 Å². The van der Waals surface area contributed by atoms with Crippen LogP contribution in [0.4, 0.5) is 5.82 Å². The predicted octanol–water partition coefficient (Wildman–Crippen LogP) is 1.15. The van der Waals surface area contributed by atoms with E-state index in [9.17, 15) is 0 Å². The molecule has 2 aromatic rings. The molecule has 0 aromatic carbocycles. The molecule has 0 spiro atoms. The maximum Gasteiger partial charge on any atom is 0.122 e. The fourth-order valence-corrected chi connectivity index (χ4v) is 1.96. The first-order chi connectivity index (χ1) is 6.81. The molecular formula is C9H12N4S. The molecule has 4 nitrogen and oxygen atoms in total. The van der Waals surface area contributed by atoms with E-state index in [-0.39, 0.29) is 0 Å². The molecule has 0 aliphatic carbocycles. The topological polar surface area (TPSA) is 69.9 Å². The van der Waals surface area contributed by atoms with Gasteiger partial charge in [0.1, 0.15) is 11.5 Å². The van der Waals surface area contributed by atoms with Crippen LogP contribution < -0.4 is 11.5 Å². The second kappa shape index (κ2) is 3.81. The van der Waals surface area contributed by atoms with Gasteiger partial charge in [-0.1, -0.05) is 6.07 Å². The molecule has 4 N–H and O–H groups in total. The highest BCUT2D eigenvalue weighted by molar-refractivity contribution is 7.13. The van der Waals surface area contributed by atoms with Crippen molar-refractivity contribution >= 4 is 17.2 Å². The molecule has 0 saturated carbocycles. The van der Waals surface area contributed by atoms with Gasteiger partial charge in [0.05, 0.1) is 11.4 Å². The smallest absolute Gasteiger partial charge is 0.122 e. The number of nitrogens with zero attached hydrogens (tertiary/aromatic N) is 2. The van der Waals surface area contributed by atoms with Crippen LogP contribution in [0.1, 0.15) is 0 Å². The van der Waals surface area contributed by atoms with Gasteiger partial charge in [-0.15, -0.1) is 11.3 Å². The SMILES string of the molecule is NCCn1nc(-c2cccs2)cc1N. The highest BCUT2D eigenvalue weighted by Crippen LogP contribution is 2.24. The second-order valence-corrected chi connectivity index (χ2v) is 3.89. The maximum atomic E-state index is 5.78. The van der Waals surface area contributed by atoms with E-state index >= 15 is 0 Å². The molecule has 14 heavy (non-hydrogen) atoms. The lowest BCUT2D eigenvalue weighted by Gasteiger charge is -1.98. The summed E-state index contributed by atoms with van der Waals surface area (Å²) in [6.07, 6.45) is 0. The van der Waals surface area contributed by atoms with Gasteiger partial charge in [-0.3, -0.25) is 0 Å². The summed E-state index contributed by atoms with van der Waals surface area (Å²) in [6, 6.07) is 5.90. The van der Waals surface area contributed by atoms with Crippen LogP contribution in [-0.4, -0.2) is 16.3 Å². The first-order valence-corrected chi connectivity index (χ1v) is 5.26. The van der Waals surface area contributed by atoms with Crippen LogP contribution in [0.15, 0.2) is 23.6 Å². The molecule has 0 aliphatic rings. The number of hydrogen-bond acceptors (Lipinski definition) is 4. The third-order valence-electron chi connectivity index (χ3n) is 1.93. The van der Waals surface area contributed by atoms with E-state index in [1.807, 2.05) is 23.6 Å². The van der Waals surface area contributed by atoms with Gasteiger partial charge in [0.15, 0.2) is 0 Å². The standard InChI is InChI=1S/C9H12N4S/c10-3-4-13-9(11)6-7(12-13)8-2-1-5-14-8/h1-2,5-6H,3-4,10-11H2. The van der Waals surface area contributed by atoms with Gasteiger partial charge in [0, 0.05) is 12.6 Å². The maximum absolute atomic E-state index is 5.78. The number of nitrogen functional groups attached to an aromatic ring is 1. The van der Waals surface area contributed by atoms with Gasteiger partial charge in [-0.25, -0.2) is 4.68 Å². The summed E-state index contributed by atoms with van der Waals surface area (Å²) < 4.78 is 1.73. The van der Waals surface area contributed by atoms with E-state index in [1.165, 1.54) is 0 Å². The van der Waals surface area contributed by atoms with E-state index in [0.717, 1.165) is 10.6 Å². The fourth-order valence-electron chi connectivity index (χ4n) is 1.28. The highest BCUT2D eigenvalue weighted by Gasteiger charge is 2.06. The Morgan fingerprint density at radius 3 is 3.00 bits per heavy atom. The van der Waals surface area contributed by atoms with Gasteiger partial charge >= 0.3 is 0 Å². The predicted molar refractivity (Wildman–Crippen MR) is 59.0 cm³/mol. The summed E-state index contributed by atoms with van der Waals surface area (Å²) in [5.74, 6) is 0.666. The van der Waals surface area contributed by atoms with Gasteiger partial charge in [0.25, 0.3) is 0 Å². The van der Waals surface area contributed by atoms with Crippen LogP contribution in [0.2, 0.25) is 0 Å². The Hall–Kier alpha value is -1.33. The van der Waals surface area contributed by atoms with Crippen LogP contribution in [0.5, 0.6) is 0 Å². The van der Waals surface area contributed by atoms with Crippen molar-refractivity contribution in [2.24, 2.45) is 5.73 Å². The summed E-state index contributed by atoms with van der Waals surface area (Å²) in [5.41, 5.74) is 12.1. The Morgan fingerprint density at radius 1 is 1.50 bits per heavy atom. The van der Waals surface area contributed by atoms with Crippen molar-refractivity contribution in [3.05, 3.63) is 23.6 Å². The molecule has 0 atom stereocenters. The molecule has 0 amide bonds. The van der Waals surface area contributed by atoms with Crippen molar-refractivity contribution < 1.29 is 0 Å². The number of nitrogens with two attached hydrogens (primary N) is 2. The van der Waals surface area contributed by atoms with E-state index in [2.05, 4.69) is 5.10 Å². The van der Waals surface area contributed by atoms with E-state index in [4.69, 9.17) is 11.5 Å². The number of hydrogen-bond donors (Lipinski definition) is 2. The molecule has 0 fully saturated rings. The summed E-state index contributed by atoms with van der Waals surface area (Å²) in [5, 5.41) is 6.39. The zero-order chi connectivity index (χ0) is 9.97. The molecule has 2 heterocycles. The summed E-state index contributed by atoms with van der Waals surface area (Å²) in [4.78, 5) is 1.13. The van der Waals surface area contributed by atoms with Crippen molar-refractivity contribution in [3.63, 3.8) is 0 Å². The monoisotopic (exact) mass is 208 g/mol. The molecule has 2 rings (SSSR count). The third-order valence-corrected chi connectivity index (χ3v) is 2.82. The van der Waals surface area contributed by atoms with Crippen LogP contribution >= 0.6 is 11.3 Å². The number of aromatic nitrogens is 2. The Bertz CT molecular complexity index is 404. The van der Waals surface area contributed by atoms with Crippen LogP contribution in [0.25, 0.3) is 10.6 Å². The lowest BCUT2D eigenvalue weighted by atomic mass is 10.3. The lowest BCUT2D eigenvalue weighted by Crippen LogP contribution is -2.12. The third kappa shape index (κ3) is 1.64. The number of rotatable bonds is 3. The molecule has 0 aliphatic heterocycles. The van der Waals surface area contributed by atoms with Gasteiger partial charge in [0.2, 0.25) is 0 Å². The number of thiophene rings is 1. The molecule has 2 aromatic heterocycles. The average molecular weight is 208 g/mol. The molecular weight excluding hydrogens is 196 g/mol. The summed E-state index contributed by atoms with van der Waals surface area (Å²) >= 11 is 1.65. The highest BCUT2D eigenvalue weighted by atomic mass is 32.1. The summed E-state index contributed by atoms with van der Waals surface area (Å²) in [7, 11) is 0. The second-order valence-electron chi connectivity index (χ2n) is 2.94. The van der Waals surface area contributed by atoms with Crippen molar-refractivity contribution in [3.8, 4) is 10.6 Å². The Kier molecular flexibility index (Phi) is 2.51. The minimum atomic E-state index is 0.551. The average Bonchev–Trinajstić information content (AvgIpc) is 2.76. The van der Waals surface area contributed by atoms with E-state index in [0.29, 0.717) is 18.9 Å². The normalized spacial score (nSPS) is 10.6. The Labute approximate surface area is 86.1 Å². The molecule has 5 heteroatoms. The zero-order valence-electron chi connectivity index (χ0n) is 7.68. The van der Waals surface area contributed by atoms with Crippen LogP contribution in [-0.2, 0) is 6.54 Å². The number of anilines is 1. The fraction of sp³-hybridized carbons (Fsp3) is 0.222. The molecule has 0 radical (unpaired) electrons. The van der Waals surface area contributed by atoms with Crippen LogP contribution in [0.3, 0.4) is 0 Å². The lowest BCUT2D eigenvalue weighted by molar-refractivity contribution is 0.636. The van der Waals surface area contributed by atoms with Gasteiger partial charge < -0.3 is 11.5 Å². The minimum absolute atomic E-state index is 0.551. The van der Waals surface area contributed by atoms with Gasteiger partial charge in [-0.2, -0.15) is 5.10 Å². The molecule has 0 saturated heterocycles. The van der Waals surface area contributed by atoms with Crippen molar-refractivity contribution in [2.75, 3.05) is 12.3 Å². The molecule has 0 unspecified atom stereocenters. The minimum Gasteiger partial charge on any atom is -0.384 e. The van der Waals surface area contributed by atoms with E-state index in [1.54, 1.807) is 16.0 Å². The Balaban J connectivity index is 2.33. The molecule has 74 valence electrons. The molecule has 0 bridgehead atoms.